The third-order valence-electron chi connectivity index (χ3n) is 2.44. The number of benzene rings is 1. The molecule has 4 nitrogen and oxygen atoms in total. The predicted octanol–water partition coefficient (Wildman–Crippen LogP) is 3.00. The van der Waals surface area contributed by atoms with Gasteiger partial charge in [-0.1, -0.05) is 17.7 Å². The number of hydrogen-bond acceptors (Lipinski definition) is 4. The first-order valence-corrected chi connectivity index (χ1v) is 5.95. The average Bonchev–Trinajstić information content (AvgIpc) is 2.27. The van der Waals surface area contributed by atoms with Crippen LogP contribution in [0, 0.1) is 13.8 Å². The summed E-state index contributed by atoms with van der Waals surface area (Å²) in [5.41, 5.74) is 8.12. The normalized spacial score (nSPS) is 10.4. The zero-order chi connectivity index (χ0) is 13.1. The first kappa shape index (κ1) is 12.8. The number of aryl methyl sites for hydroxylation is 2. The maximum absolute atomic E-state index is 6.06. The topological polar surface area (TPSA) is 61.0 Å². The van der Waals surface area contributed by atoms with E-state index in [1.165, 1.54) is 0 Å². The van der Waals surface area contributed by atoms with Crippen LogP contribution >= 0.6 is 11.6 Å². The number of nitrogens with two attached hydrogens (primary N) is 1. The van der Waals surface area contributed by atoms with E-state index in [2.05, 4.69) is 9.97 Å². The highest BCUT2D eigenvalue weighted by Crippen LogP contribution is 2.28. The Hall–Kier alpha value is -1.65. The highest BCUT2D eigenvalue weighted by molar-refractivity contribution is 6.31. The summed E-state index contributed by atoms with van der Waals surface area (Å²) in [5.74, 6) is 0.593. The van der Waals surface area contributed by atoms with E-state index in [1.807, 2.05) is 19.9 Å². The number of rotatable bonds is 3. The largest absolute Gasteiger partial charge is 0.424 e. The number of ether oxygens (including phenoxy) is 1. The van der Waals surface area contributed by atoms with E-state index in [9.17, 15) is 0 Å². The summed E-state index contributed by atoms with van der Waals surface area (Å²) in [6.07, 6.45) is 0. The molecule has 0 aliphatic heterocycles. The smallest absolute Gasteiger partial charge is 0.322 e. The lowest BCUT2D eigenvalue weighted by atomic mass is 10.2. The molecule has 0 spiro atoms. The Labute approximate surface area is 111 Å². The Morgan fingerprint density at radius 3 is 2.50 bits per heavy atom. The molecule has 2 N–H and O–H groups in total. The lowest BCUT2D eigenvalue weighted by Gasteiger charge is -2.10. The zero-order valence-corrected chi connectivity index (χ0v) is 11.0. The van der Waals surface area contributed by atoms with Crippen LogP contribution in [0.4, 0.5) is 0 Å². The van der Waals surface area contributed by atoms with E-state index < -0.39 is 0 Å². The minimum absolute atomic E-state index is 0.305. The van der Waals surface area contributed by atoms with Crippen molar-refractivity contribution in [1.82, 2.24) is 9.97 Å². The monoisotopic (exact) mass is 263 g/mol. The van der Waals surface area contributed by atoms with E-state index in [-0.39, 0.29) is 0 Å². The van der Waals surface area contributed by atoms with Crippen molar-refractivity contribution in [2.45, 2.75) is 20.4 Å². The third kappa shape index (κ3) is 2.78. The molecule has 2 aromatic rings. The average molecular weight is 264 g/mol. The van der Waals surface area contributed by atoms with Crippen LogP contribution in [-0.4, -0.2) is 9.97 Å². The minimum atomic E-state index is 0.305. The molecule has 0 aliphatic carbocycles. The van der Waals surface area contributed by atoms with Gasteiger partial charge in [-0.05, 0) is 32.0 Å². The van der Waals surface area contributed by atoms with E-state index in [0.717, 1.165) is 17.0 Å². The van der Waals surface area contributed by atoms with Gasteiger partial charge in [0.15, 0.2) is 0 Å². The van der Waals surface area contributed by atoms with Gasteiger partial charge in [-0.2, -0.15) is 0 Å². The molecule has 1 aromatic carbocycles. The third-order valence-corrected chi connectivity index (χ3v) is 2.80. The lowest BCUT2D eigenvalue weighted by Crippen LogP contribution is -2.02. The Bertz CT molecular complexity index is 552. The number of nitrogens with zero attached hydrogens (tertiary/aromatic N) is 2. The van der Waals surface area contributed by atoms with Crippen LogP contribution in [0.25, 0.3) is 0 Å². The van der Waals surface area contributed by atoms with Crippen molar-refractivity contribution in [3.05, 3.63) is 46.2 Å². The number of aromatic nitrogens is 2. The van der Waals surface area contributed by atoms with Gasteiger partial charge in [0.1, 0.15) is 5.75 Å². The van der Waals surface area contributed by atoms with Crippen LogP contribution in [0.2, 0.25) is 5.02 Å². The van der Waals surface area contributed by atoms with Crippen LogP contribution in [0.5, 0.6) is 11.8 Å². The van der Waals surface area contributed by atoms with Gasteiger partial charge in [-0.25, -0.2) is 9.97 Å². The molecule has 0 aliphatic rings. The zero-order valence-electron chi connectivity index (χ0n) is 10.3. The summed E-state index contributed by atoms with van der Waals surface area (Å²) in [7, 11) is 0. The Morgan fingerprint density at radius 2 is 1.89 bits per heavy atom. The number of hydrogen-bond donors (Lipinski definition) is 1. The van der Waals surface area contributed by atoms with Crippen molar-refractivity contribution in [1.29, 1.82) is 0 Å². The molecule has 18 heavy (non-hydrogen) atoms. The van der Waals surface area contributed by atoms with Crippen LogP contribution in [0.15, 0.2) is 24.3 Å². The summed E-state index contributed by atoms with van der Waals surface area (Å²) < 4.78 is 5.66. The molecule has 2 rings (SSSR count). The van der Waals surface area contributed by atoms with Crippen molar-refractivity contribution in [3.8, 4) is 11.8 Å². The van der Waals surface area contributed by atoms with Crippen molar-refractivity contribution in [2.75, 3.05) is 0 Å². The summed E-state index contributed by atoms with van der Waals surface area (Å²) >= 11 is 6.06. The van der Waals surface area contributed by atoms with Gasteiger partial charge in [0, 0.05) is 28.5 Å². The van der Waals surface area contributed by atoms with E-state index >= 15 is 0 Å². The fourth-order valence-corrected chi connectivity index (χ4v) is 1.91. The van der Waals surface area contributed by atoms with Gasteiger partial charge in [-0.3, -0.25) is 0 Å². The minimum Gasteiger partial charge on any atom is -0.424 e. The van der Waals surface area contributed by atoms with Crippen LogP contribution in [0.3, 0.4) is 0 Å². The van der Waals surface area contributed by atoms with Crippen LogP contribution in [-0.2, 0) is 6.54 Å². The SMILES string of the molecule is Cc1cc(C)nc(Oc2cccc(Cl)c2CN)n1. The van der Waals surface area contributed by atoms with Crippen LogP contribution < -0.4 is 10.5 Å². The Balaban J connectivity index is 2.36. The molecule has 1 aromatic heterocycles. The molecule has 0 bridgehead atoms. The van der Waals surface area contributed by atoms with E-state index in [1.54, 1.807) is 18.2 Å². The Kier molecular flexibility index (Phi) is 3.79. The molecule has 1 heterocycles. The van der Waals surface area contributed by atoms with Gasteiger partial charge >= 0.3 is 6.01 Å². The molecule has 0 saturated heterocycles. The molecular formula is C13H14ClN3O. The van der Waals surface area contributed by atoms with Crippen molar-refractivity contribution in [3.63, 3.8) is 0 Å². The van der Waals surface area contributed by atoms with E-state index in [0.29, 0.717) is 23.3 Å². The fourth-order valence-electron chi connectivity index (χ4n) is 1.67. The molecule has 0 amide bonds. The van der Waals surface area contributed by atoms with Crippen molar-refractivity contribution in [2.24, 2.45) is 5.73 Å². The van der Waals surface area contributed by atoms with Gasteiger partial charge < -0.3 is 10.5 Å². The van der Waals surface area contributed by atoms with Gasteiger partial charge in [-0.15, -0.1) is 0 Å². The molecule has 0 unspecified atom stereocenters. The maximum Gasteiger partial charge on any atom is 0.322 e. The summed E-state index contributed by atoms with van der Waals surface area (Å²) in [6.45, 7) is 4.09. The molecule has 0 fully saturated rings. The summed E-state index contributed by atoms with van der Waals surface area (Å²) in [6, 6.07) is 7.58. The molecule has 0 radical (unpaired) electrons. The highest BCUT2D eigenvalue weighted by atomic mass is 35.5. The first-order chi connectivity index (χ1) is 8.60. The van der Waals surface area contributed by atoms with Gasteiger partial charge in [0.25, 0.3) is 0 Å². The molecule has 0 saturated carbocycles. The second kappa shape index (κ2) is 5.33. The summed E-state index contributed by atoms with van der Waals surface area (Å²) in [4.78, 5) is 8.43. The molecular weight excluding hydrogens is 250 g/mol. The van der Waals surface area contributed by atoms with Gasteiger partial charge in [0.2, 0.25) is 0 Å². The van der Waals surface area contributed by atoms with E-state index in [4.69, 9.17) is 22.1 Å². The first-order valence-electron chi connectivity index (χ1n) is 5.57. The molecule has 0 atom stereocenters. The molecule has 94 valence electrons. The van der Waals surface area contributed by atoms with Gasteiger partial charge in [0.05, 0.1) is 0 Å². The highest BCUT2D eigenvalue weighted by Gasteiger charge is 2.09. The molecule has 5 heteroatoms. The lowest BCUT2D eigenvalue weighted by molar-refractivity contribution is 0.434. The van der Waals surface area contributed by atoms with Crippen molar-refractivity contribution >= 4 is 11.6 Å². The number of halogens is 1. The Morgan fingerprint density at radius 1 is 1.22 bits per heavy atom. The van der Waals surface area contributed by atoms with Crippen molar-refractivity contribution < 1.29 is 4.74 Å². The fraction of sp³-hybridized carbons (Fsp3) is 0.231. The maximum atomic E-state index is 6.06. The quantitative estimate of drug-likeness (QED) is 0.925. The predicted molar refractivity (Wildman–Crippen MR) is 70.9 cm³/mol. The standard InChI is InChI=1S/C13H14ClN3O/c1-8-6-9(2)17-13(16-8)18-12-5-3-4-11(14)10(12)7-15/h3-6H,7,15H2,1-2H3. The second-order valence-corrected chi connectivity index (χ2v) is 4.36. The summed E-state index contributed by atoms with van der Waals surface area (Å²) in [5, 5.41) is 0.583. The van der Waals surface area contributed by atoms with Crippen LogP contribution in [0.1, 0.15) is 17.0 Å². The second-order valence-electron chi connectivity index (χ2n) is 3.96.